The molecule has 0 amide bonds. The van der Waals surface area contributed by atoms with Crippen LogP contribution < -0.4 is 11.1 Å². The van der Waals surface area contributed by atoms with Crippen LogP contribution in [0.5, 0.6) is 0 Å². The maximum atomic E-state index is 5.84. The molecule has 0 spiro atoms. The molecular formula is C14H30N4. The van der Waals surface area contributed by atoms with Crippen molar-refractivity contribution in [1.82, 2.24) is 10.2 Å². The van der Waals surface area contributed by atoms with Gasteiger partial charge in [-0.2, -0.15) is 0 Å². The Morgan fingerprint density at radius 2 is 1.94 bits per heavy atom. The molecule has 1 atom stereocenters. The van der Waals surface area contributed by atoms with Gasteiger partial charge in [-0.1, -0.05) is 20.8 Å². The summed E-state index contributed by atoms with van der Waals surface area (Å²) in [6.45, 7) is 12.1. The van der Waals surface area contributed by atoms with Crippen LogP contribution in [-0.2, 0) is 0 Å². The van der Waals surface area contributed by atoms with E-state index in [2.05, 4.69) is 36.0 Å². The Kier molecular flexibility index (Phi) is 7.09. The van der Waals surface area contributed by atoms with Gasteiger partial charge in [-0.25, -0.2) is 0 Å². The van der Waals surface area contributed by atoms with E-state index in [1.807, 2.05) is 0 Å². The number of nitrogens with one attached hydrogen (secondary N) is 1. The lowest BCUT2D eigenvalue weighted by Crippen LogP contribution is -2.34. The summed E-state index contributed by atoms with van der Waals surface area (Å²) in [5.41, 5.74) is 5.84. The Morgan fingerprint density at radius 1 is 1.28 bits per heavy atom. The highest BCUT2D eigenvalue weighted by Gasteiger charge is 2.14. The minimum absolute atomic E-state index is 0.591. The molecule has 1 fully saturated rings. The summed E-state index contributed by atoms with van der Waals surface area (Å²) in [5, 5.41) is 3.18. The number of guanidine groups is 1. The molecule has 0 bridgehead atoms. The molecule has 0 aromatic heterocycles. The number of nitrogens with two attached hydrogens (primary N) is 1. The summed E-state index contributed by atoms with van der Waals surface area (Å²) in [4.78, 5) is 6.95. The van der Waals surface area contributed by atoms with E-state index in [0.29, 0.717) is 17.8 Å². The highest BCUT2D eigenvalue weighted by molar-refractivity contribution is 5.77. The minimum Gasteiger partial charge on any atom is -0.370 e. The predicted molar refractivity (Wildman–Crippen MR) is 78.8 cm³/mol. The standard InChI is InChI=1S/C14H30N4/c1-12(2)6-7-16-14(15)17-10-13(3)11-18-8-4-5-9-18/h12-13H,4-11H2,1-3H3,(H3,15,16,17). The molecule has 18 heavy (non-hydrogen) atoms. The average molecular weight is 254 g/mol. The summed E-state index contributed by atoms with van der Waals surface area (Å²) in [5.74, 6) is 1.90. The zero-order chi connectivity index (χ0) is 13.4. The fourth-order valence-electron chi connectivity index (χ4n) is 2.26. The van der Waals surface area contributed by atoms with Crippen molar-refractivity contribution in [2.75, 3.05) is 32.7 Å². The zero-order valence-corrected chi connectivity index (χ0v) is 12.3. The SMILES string of the molecule is CC(C)CCNC(N)=NCC(C)CN1CCCC1. The van der Waals surface area contributed by atoms with Gasteiger partial charge in [0, 0.05) is 19.6 Å². The molecule has 4 heteroatoms. The first-order valence-electron chi connectivity index (χ1n) is 7.34. The molecule has 0 saturated carbocycles. The molecule has 1 unspecified atom stereocenters. The first-order valence-corrected chi connectivity index (χ1v) is 7.34. The van der Waals surface area contributed by atoms with Crippen LogP contribution in [0.25, 0.3) is 0 Å². The van der Waals surface area contributed by atoms with Gasteiger partial charge in [0.05, 0.1) is 0 Å². The fourth-order valence-corrected chi connectivity index (χ4v) is 2.26. The smallest absolute Gasteiger partial charge is 0.188 e. The van der Waals surface area contributed by atoms with Crippen molar-refractivity contribution in [3.8, 4) is 0 Å². The Morgan fingerprint density at radius 3 is 2.56 bits per heavy atom. The van der Waals surface area contributed by atoms with E-state index in [4.69, 9.17) is 5.73 Å². The van der Waals surface area contributed by atoms with Gasteiger partial charge in [-0.15, -0.1) is 0 Å². The topological polar surface area (TPSA) is 53.6 Å². The minimum atomic E-state index is 0.591. The summed E-state index contributed by atoms with van der Waals surface area (Å²) in [6.07, 6.45) is 3.85. The second kappa shape index (κ2) is 8.35. The van der Waals surface area contributed by atoms with E-state index in [-0.39, 0.29) is 0 Å². The lowest BCUT2D eigenvalue weighted by Gasteiger charge is -2.18. The van der Waals surface area contributed by atoms with Crippen LogP contribution in [0.1, 0.15) is 40.0 Å². The molecule has 0 aromatic carbocycles. The van der Waals surface area contributed by atoms with Crippen LogP contribution in [0, 0.1) is 11.8 Å². The van der Waals surface area contributed by atoms with E-state index in [9.17, 15) is 0 Å². The lowest BCUT2D eigenvalue weighted by atomic mass is 10.1. The van der Waals surface area contributed by atoms with Gasteiger partial charge in [0.25, 0.3) is 0 Å². The number of hydrogen-bond acceptors (Lipinski definition) is 2. The zero-order valence-electron chi connectivity index (χ0n) is 12.3. The first-order chi connectivity index (χ1) is 8.58. The number of nitrogens with zero attached hydrogens (tertiary/aromatic N) is 2. The van der Waals surface area contributed by atoms with Crippen molar-refractivity contribution < 1.29 is 0 Å². The molecule has 0 aliphatic carbocycles. The molecule has 4 nitrogen and oxygen atoms in total. The molecule has 1 saturated heterocycles. The summed E-state index contributed by atoms with van der Waals surface area (Å²) in [7, 11) is 0. The molecule has 1 aliphatic heterocycles. The average Bonchev–Trinajstić information content (AvgIpc) is 2.78. The summed E-state index contributed by atoms with van der Waals surface area (Å²) < 4.78 is 0. The molecule has 1 rings (SSSR count). The quantitative estimate of drug-likeness (QED) is 0.537. The normalized spacial score (nSPS) is 19.4. The second-order valence-corrected chi connectivity index (χ2v) is 5.95. The monoisotopic (exact) mass is 254 g/mol. The molecule has 1 aliphatic rings. The highest BCUT2D eigenvalue weighted by atomic mass is 15.1. The van der Waals surface area contributed by atoms with Gasteiger partial charge in [0.15, 0.2) is 5.96 Å². The Hall–Kier alpha value is -0.770. The third-order valence-electron chi connectivity index (χ3n) is 3.37. The Bertz CT molecular complexity index is 244. The van der Waals surface area contributed by atoms with Crippen molar-refractivity contribution >= 4 is 5.96 Å². The third kappa shape index (κ3) is 6.84. The van der Waals surface area contributed by atoms with Crippen LogP contribution in [0.15, 0.2) is 4.99 Å². The van der Waals surface area contributed by atoms with Gasteiger partial charge in [-0.3, -0.25) is 4.99 Å². The van der Waals surface area contributed by atoms with Crippen LogP contribution in [-0.4, -0.2) is 43.6 Å². The van der Waals surface area contributed by atoms with Gasteiger partial charge in [0.1, 0.15) is 0 Å². The van der Waals surface area contributed by atoms with Crippen molar-refractivity contribution in [3.63, 3.8) is 0 Å². The molecule has 0 radical (unpaired) electrons. The number of rotatable bonds is 7. The fraction of sp³-hybridized carbons (Fsp3) is 0.929. The van der Waals surface area contributed by atoms with E-state index >= 15 is 0 Å². The third-order valence-corrected chi connectivity index (χ3v) is 3.37. The van der Waals surface area contributed by atoms with Gasteiger partial charge in [-0.05, 0) is 44.2 Å². The molecule has 106 valence electrons. The van der Waals surface area contributed by atoms with E-state index in [1.165, 1.54) is 25.9 Å². The van der Waals surface area contributed by atoms with Gasteiger partial charge in [0.2, 0.25) is 0 Å². The highest BCUT2D eigenvalue weighted by Crippen LogP contribution is 2.10. The van der Waals surface area contributed by atoms with E-state index in [1.54, 1.807) is 0 Å². The molecule has 3 N–H and O–H groups in total. The maximum Gasteiger partial charge on any atom is 0.188 e. The van der Waals surface area contributed by atoms with Crippen LogP contribution in [0.2, 0.25) is 0 Å². The van der Waals surface area contributed by atoms with Crippen LogP contribution in [0.4, 0.5) is 0 Å². The predicted octanol–water partition coefficient (Wildman–Crippen LogP) is 1.67. The van der Waals surface area contributed by atoms with Crippen LogP contribution in [0.3, 0.4) is 0 Å². The van der Waals surface area contributed by atoms with E-state index < -0.39 is 0 Å². The van der Waals surface area contributed by atoms with Crippen molar-refractivity contribution in [2.45, 2.75) is 40.0 Å². The largest absolute Gasteiger partial charge is 0.370 e. The molecular weight excluding hydrogens is 224 g/mol. The number of hydrogen-bond donors (Lipinski definition) is 2. The maximum absolute atomic E-state index is 5.84. The lowest BCUT2D eigenvalue weighted by molar-refractivity contribution is 0.291. The van der Waals surface area contributed by atoms with Gasteiger partial charge < -0.3 is 16.0 Å². The number of aliphatic imine (C=N–C) groups is 1. The molecule has 1 heterocycles. The van der Waals surface area contributed by atoms with Crippen molar-refractivity contribution in [1.29, 1.82) is 0 Å². The Labute approximate surface area is 112 Å². The van der Waals surface area contributed by atoms with E-state index in [0.717, 1.165) is 26.1 Å². The van der Waals surface area contributed by atoms with Crippen molar-refractivity contribution in [2.24, 2.45) is 22.6 Å². The second-order valence-electron chi connectivity index (χ2n) is 5.95. The van der Waals surface area contributed by atoms with Crippen LogP contribution >= 0.6 is 0 Å². The number of likely N-dealkylation sites (tertiary alicyclic amines) is 1. The molecule has 0 aromatic rings. The summed E-state index contributed by atoms with van der Waals surface area (Å²) >= 11 is 0. The van der Waals surface area contributed by atoms with Crippen molar-refractivity contribution in [3.05, 3.63) is 0 Å². The van der Waals surface area contributed by atoms with Gasteiger partial charge >= 0.3 is 0 Å². The summed E-state index contributed by atoms with van der Waals surface area (Å²) in [6, 6.07) is 0. The Balaban J connectivity index is 2.12. The first kappa shape index (κ1) is 15.3.